The maximum Gasteiger partial charge on any atom is 0.506 e. The molecule has 3 rings (SSSR count). The topological polar surface area (TPSA) is 59.0 Å². The Balaban J connectivity index is 1.96. The number of ether oxygens (including phenoxy) is 2. The first kappa shape index (κ1) is 17.2. The monoisotopic (exact) mass is 345 g/mol. The molecule has 6 heteroatoms. The minimum Gasteiger partial charge on any atom is -0.457 e. The number of rotatable bonds is 4. The van der Waals surface area contributed by atoms with Crippen LogP contribution in [0, 0.1) is 5.82 Å². The summed E-state index contributed by atoms with van der Waals surface area (Å²) in [5.41, 5.74) is -0.260. The Hall–Kier alpha value is -2.60. The highest BCUT2D eigenvalue weighted by atomic mass is 19.1. The molecule has 0 bridgehead atoms. The van der Waals surface area contributed by atoms with Gasteiger partial charge in [-0.15, -0.1) is 0 Å². The van der Waals surface area contributed by atoms with Crippen LogP contribution in [0.25, 0.3) is 0 Å². The van der Waals surface area contributed by atoms with Crippen molar-refractivity contribution in [3.05, 3.63) is 59.9 Å². The van der Waals surface area contributed by atoms with Crippen molar-refractivity contribution < 1.29 is 23.8 Å². The lowest BCUT2D eigenvalue weighted by Crippen LogP contribution is -2.43. The molecule has 0 radical (unpaired) electrons. The maximum absolute atomic E-state index is 13.1. The van der Waals surface area contributed by atoms with Crippen molar-refractivity contribution in [1.82, 2.24) is 4.90 Å². The van der Waals surface area contributed by atoms with Crippen LogP contribution in [0.4, 0.5) is 9.18 Å². The van der Waals surface area contributed by atoms with Gasteiger partial charge < -0.3 is 19.5 Å². The van der Waals surface area contributed by atoms with E-state index in [4.69, 9.17) is 9.47 Å². The second kappa shape index (κ2) is 7.11. The van der Waals surface area contributed by atoms with E-state index in [9.17, 15) is 14.3 Å². The molecule has 132 valence electrons. The fraction of sp³-hybridized carbons (Fsp3) is 0.316. The van der Waals surface area contributed by atoms with Crippen LogP contribution in [0.5, 0.6) is 11.5 Å². The smallest absolute Gasteiger partial charge is 0.457 e. The number of benzene rings is 2. The Labute approximate surface area is 145 Å². The van der Waals surface area contributed by atoms with Gasteiger partial charge >= 0.3 is 6.16 Å². The number of piperidine rings is 1. The van der Waals surface area contributed by atoms with Crippen LogP contribution < -0.4 is 4.74 Å². The summed E-state index contributed by atoms with van der Waals surface area (Å²) in [7, 11) is 1.99. The highest BCUT2D eigenvalue weighted by molar-refractivity contribution is 5.59. The van der Waals surface area contributed by atoms with E-state index in [2.05, 4.69) is 4.90 Å². The van der Waals surface area contributed by atoms with Gasteiger partial charge in [-0.3, -0.25) is 0 Å². The van der Waals surface area contributed by atoms with E-state index in [1.165, 1.54) is 24.3 Å². The summed E-state index contributed by atoms with van der Waals surface area (Å²) in [6, 6.07) is 12.9. The fourth-order valence-electron chi connectivity index (χ4n) is 3.13. The zero-order valence-corrected chi connectivity index (χ0v) is 13.9. The van der Waals surface area contributed by atoms with E-state index in [-0.39, 0.29) is 5.82 Å². The largest absolute Gasteiger partial charge is 0.506 e. The van der Waals surface area contributed by atoms with Gasteiger partial charge in [-0.1, -0.05) is 18.2 Å². The van der Waals surface area contributed by atoms with Gasteiger partial charge in [0.1, 0.15) is 22.9 Å². The summed E-state index contributed by atoms with van der Waals surface area (Å²) in [4.78, 5) is 13.4. The van der Waals surface area contributed by atoms with Crippen molar-refractivity contribution in [3.63, 3.8) is 0 Å². The first-order valence-corrected chi connectivity index (χ1v) is 8.12. The standard InChI is InChI=1S/C19H20FNO4/c1-21-12-10-19(11-13-21,25-18(22)23)16-4-2-3-5-17(16)24-15-8-6-14(20)7-9-15/h2-9H,10-13H2,1H3,(H,22,23). The van der Waals surface area contributed by atoms with E-state index >= 15 is 0 Å². The molecule has 5 nitrogen and oxygen atoms in total. The van der Waals surface area contributed by atoms with Crippen molar-refractivity contribution in [2.24, 2.45) is 0 Å². The molecule has 1 fully saturated rings. The van der Waals surface area contributed by atoms with Gasteiger partial charge in [0.2, 0.25) is 0 Å². The van der Waals surface area contributed by atoms with Crippen molar-refractivity contribution in [3.8, 4) is 11.5 Å². The molecule has 1 aliphatic heterocycles. The summed E-state index contributed by atoms with van der Waals surface area (Å²) < 4.78 is 24.3. The second-order valence-electron chi connectivity index (χ2n) is 6.22. The van der Waals surface area contributed by atoms with Crippen LogP contribution in [0.15, 0.2) is 48.5 Å². The fourth-order valence-corrected chi connectivity index (χ4v) is 3.13. The van der Waals surface area contributed by atoms with Crippen LogP contribution in [0.2, 0.25) is 0 Å². The number of likely N-dealkylation sites (tertiary alicyclic amines) is 1. The van der Waals surface area contributed by atoms with Crippen LogP contribution in [0.1, 0.15) is 18.4 Å². The van der Waals surface area contributed by atoms with Crippen molar-refractivity contribution in [2.75, 3.05) is 20.1 Å². The average molecular weight is 345 g/mol. The second-order valence-corrected chi connectivity index (χ2v) is 6.22. The van der Waals surface area contributed by atoms with Crippen LogP contribution in [0.3, 0.4) is 0 Å². The predicted octanol–water partition coefficient (Wildman–Crippen LogP) is 4.23. The number of nitrogens with zero attached hydrogens (tertiary/aromatic N) is 1. The minimum absolute atomic E-state index is 0.346. The Bertz CT molecular complexity index is 739. The predicted molar refractivity (Wildman–Crippen MR) is 90.4 cm³/mol. The Kier molecular flexibility index (Phi) is 4.90. The van der Waals surface area contributed by atoms with E-state index in [0.29, 0.717) is 29.9 Å². The normalized spacial score (nSPS) is 17.0. The molecule has 0 spiro atoms. The number of para-hydroxylation sites is 1. The summed E-state index contributed by atoms with van der Waals surface area (Å²) in [5.74, 6) is 0.647. The zero-order chi connectivity index (χ0) is 17.9. The summed E-state index contributed by atoms with van der Waals surface area (Å²) in [6.07, 6.45) is -0.222. The van der Waals surface area contributed by atoms with Crippen molar-refractivity contribution >= 4 is 6.16 Å². The van der Waals surface area contributed by atoms with Gasteiger partial charge in [0, 0.05) is 31.5 Å². The lowest BCUT2D eigenvalue weighted by atomic mass is 9.83. The summed E-state index contributed by atoms with van der Waals surface area (Å²) in [6.45, 7) is 1.44. The lowest BCUT2D eigenvalue weighted by Gasteiger charge is -2.40. The third-order valence-corrected chi connectivity index (χ3v) is 4.50. The molecular weight excluding hydrogens is 325 g/mol. The SMILES string of the molecule is CN1CCC(OC(=O)O)(c2ccccc2Oc2ccc(F)cc2)CC1. The number of carbonyl (C=O) groups is 1. The molecule has 0 unspecified atom stereocenters. The quantitative estimate of drug-likeness (QED) is 0.840. The van der Waals surface area contributed by atoms with Gasteiger partial charge in [-0.25, -0.2) is 9.18 Å². The third-order valence-electron chi connectivity index (χ3n) is 4.50. The van der Waals surface area contributed by atoms with Crippen LogP contribution in [-0.4, -0.2) is 36.3 Å². The van der Waals surface area contributed by atoms with Gasteiger partial charge in [0.15, 0.2) is 0 Å². The molecule has 0 saturated carbocycles. The summed E-state index contributed by atoms with van der Waals surface area (Å²) in [5, 5.41) is 9.25. The molecule has 0 aliphatic carbocycles. The van der Waals surface area contributed by atoms with Crippen LogP contribution in [-0.2, 0) is 10.3 Å². The Morgan fingerprint density at radius 3 is 2.40 bits per heavy atom. The van der Waals surface area contributed by atoms with Crippen LogP contribution >= 0.6 is 0 Å². The summed E-state index contributed by atoms with van der Waals surface area (Å²) >= 11 is 0. The van der Waals surface area contributed by atoms with Crippen molar-refractivity contribution in [1.29, 1.82) is 0 Å². The first-order valence-electron chi connectivity index (χ1n) is 8.12. The van der Waals surface area contributed by atoms with E-state index in [0.717, 1.165) is 13.1 Å². The molecular formula is C19H20FNO4. The highest BCUT2D eigenvalue weighted by Gasteiger charge is 2.41. The Morgan fingerprint density at radius 2 is 1.76 bits per heavy atom. The lowest BCUT2D eigenvalue weighted by molar-refractivity contribution is -0.0585. The molecule has 1 N–H and O–H groups in total. The van der Waals surface area contributed by atoms with E-state index in [1.54, 1.807) is 6.07 Å². The van der Waals surface area contributed by atoms with Gasteiger partial charge in [-0.05, 0) is 37.4 Å². The molecule has 2 aromatic rings. The third kappa shape index (κ3) is 3.91. The number of halogens is 1. The molecule has 0 aromatic heterocycles. The molecule has 25 heavy (non-hydrogen) atoms. The van der Waals surface area contributed by atoms with E-state index < -0.39 is 11.8 Å². The van der Waals surface area contributed by atoms with Gasteiger partial charge in [-0.2, -0.15) is 0 Å². The molecule has 1 heterocycles. The Morgan fingerprint density at radius 1 is 1.12 bits per heavy atom. The molecule has 0 amide bonds. The molecule has 0 atom stereocenters. The number of hydrogen-bond donors (Lipinski definition) is 1. The van der Waals surface area contributed by atoms with Crippen molar-refractivity contribution in [2.45, 2.75) is 18.4 Å². The molecule has 1 aliphatic rings. The maximum atomic E-state index is 13.1. The minimum atomic E-state index is -1.30. The first-order chi connectivity index (χ1) is 12.0. The average Bonchev–Trinajstić information content (AvgIpc) is 2.59. The molecule has 2 aromatic carbocycles. The highest BCUT2D eigenvalue weighted by Crippen LogP contribution is 2.42. The number of hydrogen-bond acceptors (Lipinski definition) is 4. The number of carboxylic acid groups (broad SMARTS) is 1. The zero-order valence-electron chi connectivity index (χ0n) is 13.9. The van der Waals surface area contributed by atoms with E-state index in [1.807, 2.05) is 25.2 Å². The van der Waals surface area contributed by atoms with Gasteiger partial charge in [0.05, 0.1) is 0 Å². The molecule has 1 saturated heterocycles. The van der Waals surface area contributed by atoms with Gasteiger partial charge in [0.25, 0.3) is 0 Å².